The summed E-state index contributed by atoms with van der Waals surface area (Å²) in [4.78, 5) is 21.2. The number of carbonyl (C=O) groups excluding carboxylic acids is 1. The highest BCUT2D eigenvalue weighted by molar-refractivity contribution is 5.83. The van der Waals surface area contributed by atoms with Gasteiger partial charge >= 0.3 is 0 Å². The zero-order valence-corrected chi connectivity index (χ0v) is 7.84. The molecule has 5 nitrogen and oxygen atoms in total. The van der Waals surface area contributed by atoms with Crippen LogP contribution in [0.2, 0.25) is 0 Å². The van der Waals surface area contributed by atoms with E-state index in [1.807, 2.05) is 0 Å². The molecule has 0 heterocycles. The van der Waals surface area contributed by atoms with Crippen LogP contribution in [0.15, 0.2) is 24.3 Å². The molecule has 5 heteroatoms. The molecular formula is C10H8N2O3. The van der Waals surface area contributed by atoms with Crippen LogP contribution in [0.4, 0.5) is 5.69 Å². The summed E-state index contributed by atoms with van der Waals surface area (Å²) < 4.78 is 0. The SMILES string of the molecule is N#CCC(=O)Cc1ccccc1[N+](=O)[O-]. The van der Waals surface area contributed by atoms with Gasteiger partial charge in [0.15, 0.2) is 5.78 Å². The molecule has 0 saturated heterocycles. The second-order valence-electron chi connectivity index (χ2n) is 2.94. The third kappa shape index (κ3) is 2.88. The Balaban J connectivity index is 2.90. The van der Waals surface area contributed by atoms with E-state index in [1.165, 1.54) is 18.2 Å². The van der Waals surface area contributed by atoms with E-state index in [2.05, 4.69) is 0 Å². The number of nitrogens with zero attached hydrogens (tertiary/aromatic N) is 2. The molecule has 0 radical (unpaired) electrons. The van der Waals surface area contributed by atoms with Crippen molar-refractivity contribution in [2.24, 2.45) is 0 Å². The lowest BCUT2D eigenvalue weighted by Gasteiger charge is -1.99. The van der Waals surface area contributed by atoms with Gasteiger partial charge in [-0.15, -0.1) is 0 Å². The molecule has 0 fully saturated rings. The molecule has 1 aromatic rings. The van der Waals surface area contributed by atoms with Crippen LogP contribution in [-0.2, 0) is 11.2 Å². The first-order valence-corrected chi connectivity index (χ1v) is 4.26. The number of Topliss-reactive ketones (excluding diaryl/α,β-unsaturated/α-hetero) is 1. The minimum absolute atomic E-state index is 0.0648. The monoisotopic (exact) mass is 204 g/mol. The van der Waals surface area contributed by atoms with Crippen molar-refractivity contribution in [3.8, 4) is 6.07 Å². The topological polar surface area (TPSA) is 84.0 Å². The third-order valence-corrected chi connectivity index (χ3v) is 1.85. The van der Waals surface area contributed by atoms with Gasteiger partial charge < -0.3 is 0 Å². The van der Waals surface area contributed by atoms with Crippen LogP contribution in [0.25, 0.3) is 0 Å². The van der Waals surface area contributed by atoms with Gasteiger partial charge in [0.25, 0.3) is 5.69 Å². The second-order valence-corrected chi connectivity index (χ2v) is 2.94. The molecule has 0 aromatic heterocycles. The standard InChI is InChI=1S/C10H8N2O3/c11-6-5-9(13)7-8-3-1-2-4-10(8)12(14)15/h1-4H,5,7H2. The smallest absolute Gasteiger partial charge is 0.273 e. The zero-order chi connectivity index (χ0) is 11.3. The predicted octanol–water partition coefficient (Wildman–Crippen LogP) is 1.62. The lowest BCUT2D eigenvalue weighted by molar-refractivity contribution is -0.385. The minimum Gasteiger partial charge on any atom is -0.298 e. The van der Waals surface area contributed by atoms with Gasteiger partial charge in [-0.05, 0) is 0 Å². The molecule has 76 valence electrons. The summed E-state index contributed by atoms with van der Waals surface area (Å²) in [6.45, 7) is 0. The number of nitro groups is 1. The summed E-state index contributed by atoms with van der Waals surface area (Å²) in [5, 5.41) is 18.9. The number of carbonyl (C=O) groups is 1. The predicted molar refractivity (Wildman–Crippen MR) is 52.0 cm³/mol. The van der Waals surface area contributed by atoms with Crippen molar-refractivity contribution in [2.75, 3.05) is 0 Å². The van der Waals surface area contributed by atoms with E-state index in [9.17, 15) is 14.9 Å². The number of ketones is 1. The van der Waals surface area contributed by atoms with E-state index in [-0.39, 0.29) is 24.3 Å². The quantitative estimate of drug-likeness (QED) is 0.551. The van der Waals surface area contributed by atoms with Gasteiger partial charge in [-0.2, -0.15) is 5.26 Å². The fourth-order valence-electron chi connectivity index (χ4n) is 1.20. The molecule has 1 rings (SSSR count). The summed E-state index contributed by atoms with van der Waals surface area (Å²) in [7, 11) is 0. The lowest BCUT2D eigenvalue weighted by Crippen LogP contribution is -2.04. The highest BCUT2D eigenvalue weighted by atomic mass is 16.6. The Morgan fingerprint density at radius 3 is 2.73 bits per heavy atom. The molecule has 15 heavy (non-hydrogen) atoms. The average Bonchev–Trinajstić information content (AvgIpc) is 2.18. The van der Waals surface area contributed by atoms with Gasteiger partial charge in [0, 0.05) is 18.1 Å². The first kappa shape index (κ1) is 10.9. The first-order chi connectivity index (χ1) is 7.15. The summed E-state index contributed by atoms with van der Waals surface area (Å²) in [6.07, 6.45) is -0.281. The molecule has 0 aliphatic rings. The third-order valence-electron chi connectivity index (χ3n) is 1.85. The van der Waals surface area contributed by atoms with Crippen molar-refractivity contribution >= 4 is 11.5 Å². The van der Waals surface area contributed by atoms with Crippen molar-refractivity contribution in [1.82, 2.24) is 0 Å². The van der Waals surface area contributed by atoms with Crippen molar-refractivity contribution in [1.29, 1.82) is 5.26 Å². The summed E-state index contributed by atoms with van der Waals surface area (Å²) in [6, 6.07) is 7.75. The Hall–Kier alpha value is -2.22. The fraction of sp³-hybridized carbons (Fsp3) is 0.200. The van der Waals surface area contributed by atoms with E-state index in [0.717, 1.165) is 0 Å². The van der Waals surface area contributed by atoms with Crippen molar-refractivity contribution in [3.63, 3.8) is 0 Å². The summed E-state index contributed by atoms with van der Waals surface area (Å²) in [5.41, 5.74) is 0.270. The van der Waals surface area contributed by atoms with E-state index >= 15 is 0 Å². The van der Waals surface area contributed by atoms with Crippen molar-refractivity contribution < 1.29 is 9.72 Å². The van der Waals surface area contributed by atoms with E-state index < -0.39 is 4.92 Å². The molecule has 0 atom stereocenters. The molecule has 0 amide bonds. The number of nitro benzene ring substituents is 1. The molecule has 1 aromatic carbocycles. The minimum atomic E-state index is -0.533. The number of hydrogen-bond donors (Lipinski definition) is 0. The van der Waals surface area contributed by atoms with Crippen LogP contribution in [0, 0.1) is 21.4 Å². The van der Waals surface area contributed by atoms with Gasteiger partial charge in [0.1, 0.15) is 0 Å². The molecule has 0 N–H and O–H groups in total. The van der Waals surface area contributed by atoms with Crippen LogP contribution in [-0.4, -0.2) is 10.7 Å². The number of nitriles is 1. The Labute approximate surface area is 86.1 Å². The Bertz CT molecular complexity index is 435. The van der Waals surface area contributed by atoms with Gasteiger partial charge in [0.05, 0.1) is 17.4 Å². The highest BCUT2D eigenvalue weighted by Crippen LogP contribution is 2.18. The van der Waals surface area contributed by atoms with E-state index in [0.29, 0.717) is 5.56 Å². The molecule has 0 aliphatic carbocycles. The molecule has 0 spiro atoms. The fourth-order valence-corrected chi connectivity index (χ4v) is 1.20. The zero-order valence-electron chi connectivity index (χ0n) is 7.84. The van der Waals surface area contributed by atoms with Gasteiger partial charge in [-0.1, -0.05) is 18.2 Å². The lowest BCUT2D eigenvalue weighted by atomic mass is 10.1. The second kappa shape index (κ2) is 4.86. The summed E-state index contributed by atoms with van der Waals surface area (Å²) in [5.74, 6) is -0.313. The maximum Gasteiger partial charge on any atom is 0.273 e. The van der Waals surface area contributed by atoms with E-state index in [1.54, 1.807) is 12.1 Å². The molecular weight excluding hydrogens is 196 g/mol. The van der Waals surface area contributed by atoms with Gasteiger partial charge in [-0.3, -0.25) is 14.9 Å². The van der Waals surface area contributed by atoms with Gasteiger partial charge in [-0.25, -0.2) is 0 Å². The number of benzene rings is 1. The van der Waals surface area contributed by atoms with E-state index in [4.69, 9.17) is 5.26 Å². The highest BCUT2D eigenvalue weighted by Gasteiger charge is 2.14. The molecule has 0 aliphatic heterocycles. The number of hydrogen-bond acceptors (Lipinski definition) is 4. The molecule has 0 unspecified atom stereocenters. The van der Waals surface area contributed by atoms with Crippen molar-refractivity contribution in [3.05, 3.63) is 39.9 Å². The maximum absolute atomic E-state index is 11.1. The maximum atomic E-state index is 11.1. The van der Waals surface area contributed by atoms with Gasteiger partial charge in [0.2, 0.25) is 0 Å². The Morgan fingerprint density at radius 2 is 2.13 bits per heavy atom. The van der Waals surface area contributed by atoms with Crippen LogP contribution < -0.4 is 0 Å². The van der Waals surface area contributed by atoms with Crippen LogP contribution in [0.5, 0.6) is 0 Å². The van der Waals surface area contributed by atoms with Crippen LogP contribution in [0.1, 0.15) is 12.0 Å². The first-order valence-electron chi connectivity index (χ1n) is 4.26. The van der Waals surface area contributed by atoms with Crippen LogP contribution in [0.3, 0.4) is 0 Å². The summed E-state index contributed by atoms with van der Waals surface area (Å²) >= 11 is 0. The molecule has 0 bridgehead atoms. The number of para-hydroxylation sites is 1. The average molecular weight is 204 g/mol. The largest absolute Gasteiger partial charge is 0.298 e. The Kier molecular flexibility index (Phi) is 3.52. The normalized spacial score (nSPS) is 9.27. The van der Waals surface area contributed by atoms with Crippen molar-refractivity contribution in [2.45, 2.75) is 12.8 Å². The van der Waals surface area contributed by atoms with Crippen LogP contribution >= 0.6 is 0 Å². The Morgan fingerprint density at radius 1 is 1.47 bits per heavy atom. The molecule has 0 saturated carbocycles. The number of rotatable bonds is 4.